The Morgan fingerprint density at radius 1 is 1.03 bits per heavy atom. The lowest BCUT2D eigenvalue weighted by atomic mass is 9.83. The largest absolute Gasteiger partial charge is 0.489 e. The maximum absolute atomic E-state index is 11.7. The van der Waals surface area contributed by atoms with Crippen LogP contribution in [0.2, 0.25) is 0 Å². The van der Waals surface area contributed by atoms with Crippen molar-refractivity contribution in [3.8, 4) is 5.75 Å². The van der Waals surface area contributed by atoms with E-state index in [-0.39, 0.29) is 18.1 Å². The van der Waals surface area contributed by atoms with E-state index in [1.165, 1.54) is 16.3 Å². The summed E-state index contributed by atoms with van der Waals surface area (Å²) in [4.78, 5) is 11.7. The topological polar surface area (TPSA) is 58.6 Å². The summed E-state index contributed by atoms with van der Waals surface area (Å²) in [7, 11) is 0. The summed E-state index contributed by atoms with van der Waals surface area (Å²) >= 11 is 0. The zero-order chi connectivity index (χ0) is 23.7. The number of para-hydroxylation sites is 1. The Hall–Kier alpha value is -3.63. The maximum atomic E-state index is 11.7. The molecule has 34 heavy (non-hydrogen) atoms. The monoisotopic (exact) mass is 451 g/mol. The van der Waals surface area contributed by atoms with Crippen LogP contribution in [0.25, 0.3) is 10.8 Å². The van der Waals surface area contributed by atoms with Gasteiger partial charge in [-0.1, -0.05) is 72.8 Å². The molecule has 3 atom stereocenters. The van der Waals surface area contributed by atoms with Crippen LogP contribution in [-0.4, -0.2) is 23.7 Å². The zero-order valence-corrected chi connectivity index (χ0v) is 19.5. The highest BCUT2D eigenvalue weighted by molar-refractivity contribution is 5.89. The molecule has 0 amide bonds. The van der Waals surface area contributed by atoms with Crippen molar-refractivity contribution in [1.29, 1.82) is 0 Å². The number of aryl methyl sites for hydroxylation is 1. The zero-order valence-electron chi connectivity index (χ0n) is 19.5. The third-order valence-corrected chi connectivity index (χ3v) is 6.92. The molecule has 4 nitrogen and oxygen atoms in total. The predicted molar refractivity (Wildman–Crippen MR) is 136 cm³/mol. The van der Waals surface area contributed by atoms with Gasteiger partial charge in [-0.05, 0) is 59.9 Å². The molecular formula is C30H29NO3. The highest BCUT2D eigenvalue weighted by Gasteiger charge is 2.30. The first-order valence-corrected chi connectivity index (χ1v) is 11.8. The van der Waals surface area contributed by atoms with Crippen molar-refractivity contribution in [2.75, 3.05) is 6.54 Å². The highest BCUT2D eigenvalue weighted by Crippen LogP contribution is 2.40. The smallest absolute Gasteiger partial charge is 0.335 e. The second-order valence-electron chi connectivity index (χ2n) is 9.14. The predicted octanol–water partition coefficient (Wildman–Crippen LogP) is 6.48. The minimum Gasteiger partial charge on any atom is -0.489 e. The number of hydrogen-bond acceptors (Lipinski definition) is 3. The Balaban J connectivity index is 1.39. The molecule has 1 unspecified atom stereocenters. The fraction of sp³-hybridized carbons (Fsp3) is 0.233. The lowest BCUT2D eigenvalue weighted by Crippen LogP contribution is -2.37. The molecule has 0 saturated carbocycles. The van der Waals surface area contributed by atoms with E-state index in [0.717, 1.165) is 28.9 Å². The van der Waals surface area contributed by atoms with Crippen molar-refractivity contribution < 1.29 is 14.6 Å². The molecule has 2 N–H and O–H groups in total. The molecule has 4 aromatic carbocycles. The van der Waals surface area contributed by atoms with Crippen LogP contribution in [0.4, 0.5) is 0 Å². The van der Waals surface area contributed by atoms with E-state index in [1.54, 1.807) is 0 Å². The molecular weight excluding hydrogens is 422 g/mol. The number of carboxylic acid groups (broad SMARTS) is 1. The van der Waals surface area contributed by atoms with Crippen molar-refractivity contribution in [3.63, 3.8) is 0 Å². The summed E-state index contributed by atoms with van der Waals surface area (Å²) in [6, 6.07) is 29.0. The third-order valence-electron chi connectivity index (χ3n) is 6.92. The van der Waals surface area contributed by atoms with Crippen LogP contribution in [0, 0.1) is 6.92 Å². The van der Waals surface area contributed by atoms with E-state index in [2.05, 4.69) is 66.8 Å². The number of carbonyl (C=O) groups is 1. The van der Waals surface area contributed by atoms with Gasteiger partial charge in [-0.3, -0.25) is 0 Å². The van der Waals surface area contributed by atoms with Gasteiger partial charge in [0.25, 0.3) is 0 Å². The summed E-state index contributed by atoms with van der Waals surface area (Å²) in [5.41, 5.74) is 4.54. The Morgan fingerprint density at radius 2 is 1.79 bits per heavy atom. The van der Waals surface area contributed by atoms with Gasteiger partial charge in [0.2, 0.25) is 0 Å². The Labute approximate surface area is 200 Å². The first-order chi connectivity index (χ1) is 16.5. The van der Waals surface area contributed by atoms with Crippen molar-refractivity contribution in [1.82, 2.24) is 5.32 Å². The van der Waals surface area contributed by atoms with Gasteiger partial charge in [-0.15, -0.1) is 0 Å². The minimum absolute atomic E-state index is 0.0214. The van der Waals surface area contributed by atoms with E-state index in [1.807, 2.05) is 37.3 Å². The normalized spacial score (nSPS) is 18.2. The number of fused-ring (bicyclic) bond motifs is 2. The van der Waals surface area contributed by atoms with E-state index in [4.69, 9.17) is 4.74 Å². The van der Waals surface area contributed by atoms with Gasteiger partial charge in [-0.25, -0.2) is 4.79 Å². The van der Waals surface area contributed by atoms with Crippen molar-refractivity contribution in [2.45, 2.75) is 38.3 Å². The fourth-order valence-electron chi connectivity index (χ4n) is 5.07. The molecule has 172 valence electrons. The van der Waals surface area contributed by atoms with E-state index < -0.39 is 5.97 Å². The average Bonchev–Trinajstić information content (AvgIpc) is 2.86. The molecule has 4 aromatic rings. The van der Waals surface area contributed by atoms with Crippen molar-refractivity contribution in [2.24, 2.45) is 0 Å². The molecule has 0 spiro atoms. The van der Waals surface area contributed by atoms with Gasteiger partial charge in [0.05, 0.1) is 5.56 Å². The van der Waals surface area contributed by atoms with Crippen LogP contribution in [-0.2, 0) is 0 Å². The van der Waals surface area contributed by atoms with Crippen molar-refractivity contribution in [3.05, 3.63) is 113 Å². The molecule has 1 aliphatic rings. The van der Waals surface area contributed by atoms with Crippen molar-refractivity contribution >= 4 is 16.7 Å². The Bertz CT molecular complexity index is 1340. The molecule has 1 aliphatic heterocycles. The van der Waals surface area contributed by atoms with Crippen LogP contribution >= 0.6 is 0 Å². The second-order valence-corrected chi connectivity index (χ2v) is 9.14. The van der Waals surface area contributed by atoms with E-state index in [0.29, 0.717) is 12.1 Å². The third kappa shape index (κ3) is 4.29. The second kappa shape index (κ2) is 9.32. The minimum atomic E-state index is -0.887. The summed E-state index contributed by atoms with van der Waals surface area (Å²) in [6.45, 7) is 4.73. The van der Waals surface area contributed by atoms with Gasteiger partial charge >= 0.3 is 5.97 Å². The summed E-state index contributed by atoms with van der Waals surface area (Å²) in [5, 5.41) is 15.8. The summed E-state index contributed by atoms with van der Waals surface area (Å²) < 4.78 is 6.38. The van der Waals surface area contributed by atoms with Gasteiger partial charge < -0.3 is 15.2 Å². The molecule has 1 heterocycles. The molecule has 0 saturated heterocycles. The average molecular weight is 452 g/mol. The summed E-state index contributed by atoms with van der Waals surface area (Å²) in [5.74, 6) is 0.0750. The number of rotatable bonds is 6. The lowest BCUT2D eigenvalue weighted by Gasteiger charge is -2.33. The van der Waals surface area contributed by atoms with E-state index >= 15 is 0 Å². The molecule has 0 aliphatic carbocycles. The van der Waals surface area contributed by atoms with Gasteiger partial charge in [0, 0.05) is 24.1 Å². The van der Waals surface area contributed by atoms with Crippen LogP contribution < -0.4 is 10.1 Å². The SMILES string of the molecule is Cc1ccc([C@H]2C[C@@H](CNC(C)c3cccc4ccccc34)Oc3ccccc32)cc1C(=O)O. The quantitative estimate of drug-likeness (QED) is 0.352. The van der Waals surface area contributed by atoms with E-state index in [9.17, 15) is 9.90 Å². The van der Waals surface area contributed by atoms with Crippen LogP contribution in [0.1, 0.15) is 57.9 Å². The molecule has 0 aromatic heterocycles. The molecule has 0 radical (unpaired) electrons. The molecule has 4 heteroatoms. The standard InChI is InChI=1S/C30H29NO3/c1-19-14-15-22(16-27(19)30(32)33)28-17-23(34-29-13-6-5-11-26(28)29)18-31-20(2)24-12-7-9-21-8-3-4-10-25(21)24/h3-16,20,23,28,31H,17-18H2,1-2H3,(H,32,33)/t20?,23-,28+/m0/s1. The number of aromatic carboxylic acids is 1. The molecule has 0 fully saturated rings. The maximum Gasteiger partial charge on any atom is 0.335 e. The Kier molecular flexibility index (Phi) is 6.08. The first kappa shape index (κ1) is 22.2. The number of hydrogen-bond donors (Lipinski definition) is 2. The highest BCUT2D eigenvalue weighted by atomic mass is 16.5. The van der Waals surface area contributed by atoms with Crippen LogP contribution in [0.3, 0.4) is 0 Å². The fourth-order valence-corrected chi connectivity index (χ4v) is 5.07. The Morgan fingerprint density at radius 3 is 2.65 bits per heavy atom. The number of nitrogens with one attached hydrogen (secondary N) is 1. The lowest BCUT2D eigenvalue weighted by molar-refractivity contribution is 0.0696. The number of carboxylic acids is 1. The number of benzene rings is 4. The van der Waals surface area contributed by atoms with Gasteiger partial charge in [-0.2, -0.15) is 0 Å². The molecule has 5 rings (SSSR count). The first-order valence-electron chi connectivity index (χ1n) is 11.8. The summed E-state index contributed by atoms with van der Waals surface area (Å²) in [6.07, 6.45) is 0.765. The molecule has 0 bridgehead atoms. The van der Waals surface area contributed by atoms with Gasteiger partial charge in [0.1, 0.15) is 11.9 Å². The number of ether oxygens (including phenoxy) is 1. The van der Waals surface area contributed by atoms with Crippen LogP contribution in [0.5, 0.6) is 5.75 Å². The van der Waals surface area contributed by atoms with Crippen LogP contribution in [0.15, 0.2) is 84.9 Å². The van der Waals surface area contributed by atoms with Gasteiger partial charge in [0.15, 0.2) is 0 Å².